The van der Waals surface area contributed by atoms with Gasteiger partial charge in [0.05, 0.1) is 13.2 Å². The van der Waals surface area contributed by atoms with Gasteiger partial charge in [0.25, 0.3) is 5.91 Å². The van der Waals surface area contributed by atoms with Crippen LogP contribution in [-0.2, 0) is 4.74 Å². The van der Waals surface area contributed by atoms with Crippen LogP contribution >= 0.6 is 11.6 Å². The molecule has 7 heteroatoms. The monoisotopic (exact) mass is 404 g/mol. The van der Waals surface area contributed by atoms with Gasteiger partial charge in [0.15, 0.2) is 0 Å². The third-order valence-electron chi connectivity index (χ3n) is 5.98. The molecule has 1 aliphatic heterocycles. The van der Waals surface area contributed by atoms with Crippen LogP contribution in [-0.4, -0.2) is 49.2 Å². The first-order valence-corrected chi connectivity index (χ1v) is 10.3. The fourth-order valence-electron chi connectivity index (χ4n) is 4.45. The molecule has 1 aromatic heterocycles. The van der Waals surface area contributed by atoms with Crippen LogP contribution in [0.15, 0.2) is 33.5 Å². The smallest absolute Gasteiger partial charge is 0.349 e. The number of carbonyl (C=O) groups excluding carboxylic acids is 1. The lowest BCUT2D eigenvalue weighted by atomic mass is 9.79. The first-order chi connectivity index (χ1) is 13.6. The molecule has 0 bridgehead atoms. The highest BCUT2D eigenvalue weighted by Gasteiger charge is 2.39. The second kappa shape index (κ2) is 8.23. The van der Waals surface area contributed by atoms with Gasteiger partial charge in [0, 0.05) is 35.6 Å². The molecule has 1 amide bonds. The van der Waals surface area contributed by atoms with Crippen LogP contribution in [0.2, 0.25) is 5.02 Å². The molecule has 0 unspecified atom stereocenters. The van der Waals surface area contributed by atoms with Gasteiger partial charge in [0.1, 0.15) is 11.1 Å². The number of hydrogen-bond acceptors (Lipinski definition) is 5. The van der Waals surface area contributed by atoms with E-state index in [0.717, 1.165) is 52.0 Å². The first kappa shape index (κ1) is 19.4. The van der Waals surface area contributed by atoms with Gasteiger partial charge in [-0.05, 0) is 37.1 Å². The van der Waals surface area contributed by atoms with Crippen molar-refractivity contribution >= 4 is 28.5 Å². The predicted octanol–water partition coefficient (Wildman–Crippen LogP) is 3.21. The fourth-order valence-corrected chi connectivity index (χ4v) is 4.63. The molecule has 2 fully saturated rings. The SMILES string of the molecule is O=C(NCC1(N2CCOCC2)CCCCC1)c1cc2cc(Cl)ccc2oc1=O. The van der Waals surface area contributed by atoms with Crippen molar-refractivity contribution in [1.82, 2.24) is 10.2 Å². The summed E-state index contributed by atoms with van der Waals surface area (Å²) in [5.41, 5.74) is -0.250. The molecule has 1 saturated heterocycles. The number of fused-ring (bicyclic) bond motifs is 1. The van der Waals surface area contributed by atoms with Gasteiger partial charge in [-0.15, -0.1) is 0 Å². The van der Waals surface area contributed by atoms with Crippen molar-refractivity contribution in [2.24, 2.45) is 0 Å². The summed E-state index contributed by atoms with van der Waals surface area (Å²) in [6.45, 7) is 3.74. The first-order valence-electron chi connectivity index (χ1n) is 9.92. The van der Waals surface area contributed by atoms with Gasteiger partial charge in [0.2, 0.25) is 0 Å². The predicted molar refractivity (Wildman–Crippen MR) is 108 cm³/mol. The summed E-state index contributed by atoms with van der Waals surface area (Å²) >= 11 is 6.02. The van der Waals surface area contributed by atoms with Crippen LogP contribution in [0.5, 0.6) is 0 Å². The van der Waals surface area contributed by atoms with Crippen molar-refractivity contribution in [3.63, 3.8) is 0 Å². The number of hydrogen-bond donors (Lipinski definition) is 1. The molecule has 2 aliphatic rings. The number of carbonyl (C=O) groups is 1. The topological polar surface area (TPSA) is 71.8 Å². The van der Waals surface area contributed by atoms with Crippen LogP contribution in [0.4, 0.5) is 0 Å². The lowest BCUT2D eigenvalue weighted by molar-refractivity contribution is -0.0361. The van der Waals surface area contributed by atoms with E-state index in [9.17, 15) is 9.59 Å². The summed E-state index contributed by atoms with van der Waals surface area (Å²) in [5.74, 6) is -0.395. The van der Waals surface area contributed by atoms with E-state index in [4.69, 9.17) is 20.8 Å². The van der Waals surface area contributed by atoms with Crippen LogP contribution in [0.1, 0.15) is 42.5 Å². The minimum Gasteiger partial charge on any atom is -0.422 e. The van der Waals surface area contributed by atoms with E-state index in [1.54, 1.807) is 24.3 Å². The summed E-state index contributed by atoms with van der Waals surface area (Å²) in [5, 5.41) is 4.18. The van der Waals surface area contributed by atoms with E-state index in [-0.39, 0.29) is 11.1 Å². The van der Waals surface area contributed by atoms with Crippen molar-refractivity contribution in [3.05, 3.63) is 45.3 Å². The number of halogens is 1. The highest BCUT2D eigenvalue weighted by atomic mass is 35.5. The molecule has 1 aliphatic carbocycles. The average molecular weight is 405 g/mol. The Hall–Kier alpha value is -1.89. The quantitative estimate of drug-likeness (QED) is 0.792. The molecule has 1 N–H and O–H groups in total. The van der Waals surface area contributed by atoms with Gasteiger partial charge >= 0.3 is 5.63 Å². The van der Waals surface area contributed by atoms with Gasteiger partial charge in [-0.1, -0.05) is 30.9 Å². The zero-order valence-electron chi connectivity index (χ0n) is 15.8. The Morgan fingerprint density at radius 1 is 1.14 bits per heavy atom. The molecule has 2 heterocycles. The maximum absolute atomic E-state index is 12.8. The van der Waals surface area contributed by atoms with Crippen LogP contribution in [0, 0.1) is 0 Å². The number of rotatable bonds is 4. The van der Waals surface area contributed by atoms with Crippen LogP contribution in [0.25, 0.3) is 11.0 Å². The molecular weight excluding hydrogens is 380 g/mol. The second-order valence-electron chi connectivity index (χ2n) is 7.70. The number of benzene rings is 1. The highest BCUT2D eigenvalue weighted by Crippen LogP contribution is 2.34. The Kier molecular flexibility index (Phi) is 5.71. The second-order valence-corrected chi connectivity index (χ2v) is 8.13. The third-order valence-corrected chi connectivity index (χ3v) is 6.22. The number of ether oxygens (including phenoxy) is 1. The Bertz CT molecular complexity index is 914. The van der Waals surface area contributed by atoms with Gasteiger partial charge < -0.3 is 14.5 Å². The van der Waals surface area contributed by atoms with Crippen molar-refractivity contribution in [2.45, 2.75) is 37.6 Å². The van der Waals surface area contributed by atoms with E-state index in [1.165, 1.54) is 6.42 Å². The van der Waals surface area contributed by atoms with E-state index < -0.39 is 11.5 Å². The Morgan fingerprint density at radius 2 is 1.89 bits per heavy atom. The molecule has 1 aromatic carbocycles. The molecular formula is C21H25ClN2O4. The third kappa shape index (κ3) is 3.95. The summed E-state index contributed by atoms with van der Waals surface area (Å²) in [6, 6.07) is 6.54. The van der Waals surface area contributed by atoms with E-state index >= 15 is 0 Å². The standard InChI is InChI=1S/C21H25ClN2O4/c22-16-4-5-18-15(12-16)13-17(20(26)28-18)19(25)23-14-21(6-2-1-3-7-21)24-8-10-27-11-9-24/h4-5,12-13H,1-3,6-11,14H2,(H,23,25). The zero-order valence-corrected chi connectivity index (χ0v) is 16.6. The van der Waals surface area contributed by atoms with Gasteiger partial charge in [-0.3, -0.25) is 9.69 Å². The zero-order chi connectivity index (χ0) is 19.6. The molecule has 0 spiro atoms. The Labute approximate surface area is 168 Å². The van der Waals surface area contributed by atoms with Crippen LogP contribution in [0.3, 0.4) is 0 Å². The summed E-state index contributed by atoms with van der Waals surface area (Å²) in [4.78, 5) is 27.6. The van der Waals surface area contributed by atoms with Crippen molar-refractivity contribution in [3.8, 4) is 0 Å². The van der Waals surface area contributed by atoms with E-state index in [1.807, 2.05) is 0 Å². The molecule has 28 heavy (non-hydrogen) atoms. The molecule has 2 aromatic rings. The molecule has 150 valence electrons. The fraction of sp³-hybridized carbons (Fsp3) is 0.524. The Morgan fingerprint density at radius 3 is 2.64 bits per heavy atom. The largest absolute Gasteiger partial charge is 0.422 e. The normalized spacial score (nSPS) is 20.2. The van der Waals surface area contributed by atoms with Crippen molar-refractivity contribution < 1.29 is 13.9 Å². The summed E-state index contributed by atoms with van der Waals surface area (Å²) in [6.07, 6.45) is 5.65. The van der Waals surface area contributed by atoms with Crippen LogP contribution < -0.4 is 10.9 Å². The number of amides is 1. The van der Waals surface area contributed by atoms with E-state index in [2.05, 4.69) is 10.2 Å². The van der Waals surface area contributed by atoms with Crippen molar-refractivity contribution in [1.29, 1.82) is 0 Å². The minimum absolute atomic E-state index is 0.0164. The molecule has 1 saturated carbocycles. The lowest BCUT2D eigenvalue weighted by Gasteiger charge is -2.48. The molecule has 6 nitrogen and oxygen atoms in total. The van der Waals surface area contributed by atoms with E-state index in [0.29, 0.717) is 22.5 Å². The van der Waals surface area contributed by atoms with Gasteiger partial charge in [-0.2, -0.15) is 0 Å². The highest BCUT2D eigenvalue weighted by molar-refractivity contribution is 6.31. The van der Waals surface area contributed by atoms with Gasteiger partial charge in [-0.25, -0.2) is 4.79 Å². The molecule has 0 radical (unpaired) electrons. The molecule has 4 rings (SSSR count). The number of morpholine rings is 1. The van der Waals surface area contributed by atoms with Crippen molar-refractivity contribution in [2.75, 3.05) is 32.8 Å². The summed E-state index contributed by atoms with van der Waals surface area (Å²) < 4.78 is 10.8. The maximum Gasteiger partial charge on any atom is 0.349 e. The average Bonchev–Trinajstić information content (AvgIpc) is 2.73. The minimum atomic E-state index is -0.628. The molecule has 0 atom stereocenters. The summed E-state index contributed by atoms with van der Waals surface area (Å²) in [7, 11) is 0. The Balaban J connectivity index is 1.54. The maximum atomic E-state index is 12.8. The lowest BCUT2D eigenvalue weighted by Crippen LogP contribution is -2.59. The number of nitrogens with one attached hydrogen (secondary N) is 1. The number of nitrogens with zero attached hydrogens (tertiary/aromatic N) is 1.